The van der Waals surface area contributed by atoms with Crippen molar-refractivity contribution in [2.24, 2.45) is 5.92 Å². The normalized spacial score (nSPS) is 20.9. The second-order valence-corrected chi connectivity index (χ2v) is 7.23. The van der Waals surface area contributed by atoms with Crippen molar-refractivity contribution in [2.75, 3.05) is 26.3 Å². The summed E-state index contributed by atoms with van der Waals surface area (Å²) in [6.45, 7) is 2.75. The molecule has 8 heteroatoms. The summed E-state index contributed by atoms with van der Waals surface area (Å²) >= 11 is 0. The summed E-state index contributed by atoms with van der Waals surface area (Å²) < 4.78 is 11.2. The number of aromatic nitrogens is 4. The third-order valence-electron chi connectivity index (χ3n) is 5.34. The zero-order valence-electron chi connectivity index (χ0n) is 14.9. The molecule has 2 aromatic rings. The lowest BCUT2D eigenvalue weighted by molar-refractivity contribution is 0.0783. The summed E-state index contributed by atoms with van der Waals surface area (Å²) in [5.74, 6) is 2.10. The van der Waals surface area contributed by atoms with Crippen LogP contribution in [0, 0.1) is 5.92 Å². The second kappa shape index (κ2) is 7.99. The average Bonchev–Trinajstić information content (AvgIpc) is 3.45. The van der Waals surface area contributed by atoms with Gasteiger partial charge in [-0.15, -0.1) is 0 Å². The lowest BCUT2D eigenvalue weighted by Gasteiger charge is -2.14. The van der Waals surface area contributed by atoms with Gasteiger partial charge >= 0.3 is 0 Å². The third kappa shape index (κ3) is 3.95. The van der Waals surface area contributed by atoms with E-state index in [0.717, 1.165) is 18.9 Å². The van der Waals surface area contributed by atoms with Crippen molar-refractivity contribution < 1.29 is 14.1 Å². The molecule has 2 fully saturated rings. The van der Waals surface area contributed by atoms with Crippen LogP contribution < -0.4 is 0 Å². The molecule has 3 heterocycles. The summed E-state index contributed by atoms with van der Waals surface area (Å²) in [6.07, 6.45) is 8.34. The third-order valence-corrected chi connectivity index (χ3v) is 5.34. The van der Waals surface area contributed by atoms with E-state index in [1.54, 1.807) is 17.2 Å². The molecule has 4 rings (SSSR count). The van der Waals surface area contributed by atoms with Gasteiger partial charge in [0, 0.05) is 32.3 Å². The molecule has 8 nitrogen and oxygen atoms in total. The number of rotatable bonds is 7. The molecule has 0 aromatic carbocycles. The van der Waals surface area contributed by atoms with Crippen molar-refractivity contribution in [2.45, 2.75) is 44.4 Å². The van der Waals surface area contributed by atoms with Crippen molar-refractivity contribution in [3.8, 4) is 0 Å². The second-order valence-electron chi connectivity index (χ2n) is 7.23. The number of carbonyl (C=O) groups excluding carboxylic acids is 1. The van der Waals surface area contributed by atoms with Crippen LogP contribution in [0.15, 0.2) is 16.8 Å². The van der Waals surface area contributed by atoms with Crippen LogP contribution >= 0.6 is 0 Å². The van der Waals surface area contributed by atoms with Gasteiger partial charge in [0.05, 0.1) is 12.5 Å². The lowest BCUT2D eigenvalue weighted by atomic mass is 10.1. The minimum Gasteiger partial charge on any atom is -0.381 e. The van der Waals surface area contributed by atoms with Crippen molar-refractivity contribution in [3.05, 3.63) is 29.7 Å². The highest BCUT2D eigenvalue weighted by atomic mass is 16.5. The fraction of sp³-hybridized carbons (Fsp3) is 0.667. The van der Waals surface area contributed by atoms with Crippen LogP contribution in [0.5, 0.6) is 0 Å². The zero-order chi connectivity index (χ0) is 17.8. The molecule has 140 valence electrons. The smallest absolute Gasteiger partial charge is 0.271 e. The Morgan fingerprint density at radius 1 is 1.35 bits per heavy atom. The highest BCUT2D eigenvalue weighted by molar-refractivity contribution is 5.92. The molecular weight excluding hydrogens is 334 g/mol. The van der Waals surface area contributed by atoms with E-state index in [-0.39, 0.29) is 11.8 Å². The molecule has 0 radical (unpaired) electrons. The SMILES string of the molecule is O=C(c1ccn[nH]1)N1CCC(c2nc(CCOCC3CCCC3)no2)C1. The van der Waals surface area contributed by atoms with Crippen molar-refractivity contribution in [1.82, 2.24) is 25.2 Å². The summed E-state index contributed by atoms with van der Waals surface area (Å²) in [5, 5.41) is 10.6. The number of carbonyl (C=O) groups is 1. The Hall–Kier alpha value is -2.22. The fourth-order valence-electron chi connectivity index (χ4n) is 3.82. The maximum absolute atomic E-state index is 12.3. The van der Waals surface area contributed by atoms with E-state index in [9.17, 15) is 4.79 Å². The predicted molar refractivity (Wildman–Crippen MR) is 92.6 cm³/mol. The van der Waals surface area contributed by atoms with Gasteiger partial charge in [0.15, 0.2) is 5.82 Å². The Labute approximate surface area is 152 Å². The van der Waals surface area contributed by atoms with Gasteiger partial charge in [-0.05, 0) is 31.2 Å². The molecule has 2 aromatic heterocycles. The number of hydrogen-bond donors (Lipinski definition) is 1. The number of ether oxygens (including phenoxy) is 1. The summed E-state index contributed by atoms with van der Waals surface area (Å²) in [6, 6.07) is 1.69. The van der Waals surface area contributed by atoms with E-state index in [0.29, 0.717) is 43.5 Å². The van der Waals surface area contributed by atoms with Crippen molar-refractivity contribution >= 4 is 5.91 Å². The van der Waals surface area contributed by atoms with Gasteiger partial charge in [0.2, 0.25) is 5.89 Å². The van der Waals surface area contributed by atoms with Gasteiger partial charge in [-0.3, -0.25) is 9.89 Å². The van der Waals surface area contributed by atoms with Crippen molar-refractivity contribution in [1.29, 1.82) is 0 Å². The first-order chi connectivity index (χ1) is 12.8. The highest BCUT2D eigenvalue weighted by Crippen LogP contribution is 2.27. The van der Waals surface area contributed by atoms with Gasteiger partial charge < -0.3 is 14.2 Å². The number of nitrogens with one attached hydrogen (secondary N) is 1. The number of amides is 1. The monoisotopic (exact) mass is 359 g/mol. The zero-order valence-corrected chi connectivity index (χ0v) is 14.9. The van der Waals surface area contributed by atoms with Crippen LogP contribution in [-0.2, 0) is 11.2 Å². The van der Waals surface area contributed by atoms with Crippen LogP contribution in [0.25, 0.3) is 0 Å². The molecule has 1 amide bonds. The maximum Gasteiger partial charge on any atom is 0.271 e. The quantitative estimate of drug-likeness (QED) is 0.761. The molecule has 1 aliphatic heterocycles. The van der Waals surface area contributed by atoms with Gasteiger partial charge in [0.1, 0.15) is 5.69 Å². The molecule has 0 bridgehead atoms. The minimum absolute atomic E-state index is 0.0370. The van der Waals surface area contributed by atoms with Crippen LogP contribution in [0.4, 0.5) is 0 Å². The van der Waals surface area contributed by atoms with E-state index in [4.69, 9.17) is 9.26 Å². The van der Waals surface area contributed by atoms with E-state index < -0.39 is 0 Å². The molecule has 1 N–H and O–H groups in total. The Bertz CT molecular complexity index is 708. The Kier molecular flexibility index (Phi) is 5.29. The lowest BCUT2D eigenvalue weighted by Crippen LogP contribution is -2.28. The first kappa shape index (κ1) is 17.2. The van der Waals surface area contributed by atoms with Crippen LogP contribution in [0.2, 0.25) is 0 Å². The first-order valence-corrected chi connectivity index (χ1v) is 9.48. The Morgan fingerprint density at radius 3 is 3.04 bits per heavy atom. The van der Waals surface area contributed by atoms with Crippen molar-refractivity contribution in [3.63, 3.8) is 0 Å². The molecule has 1 saturated heterocycles. The van der Waals surface area contributed by atoms with Gasteiger partial charge in [0.25, 0.3) is 5.91 Å². The highest BCUT2D eigenvalue weighted by Gasteiger charge is 2.32. The molecule has 26 heavy (non-hydrogen) atoms. The van der Waals surface area contributed by atoms with Gasteiger partial charge in [-0.25, -0.2) is 0 Å². The standard InChI is InChI=1S/C18H25N5O3/c24-18(15-5-8-19-21-15)23-9-6-14(11-23)17-20-16(22-26-17)7-10-25-12-13-3-1-2-4-13/h5,8,13-14H,1-4,6-7,9-12H2,(H,19,21). The molecule has 1 unspecified atom stereocenters. The minimum atomic E-state index is -0.0370. The number of H-pyrrole nitrogens is 1. The van der Waals surface area contributed by atoms with Gasteiger partial charge in [-0.1, -0.05) is 18.0 Å². The van der Waals surface area contributed by atoms with E-state index in [1.807, 2.05) is 0 Å². The Balaban J connectivity index is 1.23. The van der Waals surface area contributed by atoms with Crippen LogP contribution in [0.3, 0.4) is 0 Å². The van der Waals surface area contributed by atoms with Gasteiger partial charge in [-0.2, -0.15) is 10.1 Å². The molecule has 1 atom stereocenters. The molecule has 1 saturated carbocycles. The molecule has 1 aliphatic carbocycles. The first-order valence-electron chi connectivity index (χ1n) is 9.48. The van der Waals surface area contributed by atoms with E-state index in [1.165, 1.54) is 25.7 Å². The predicted octanol–water partition coefficient (Wildman–Crippen LogP) is 2.17. The summed E-state index contributed by atoms with van der Waals surface area (Å²) in [4.78, 5) is 18.6. The van der Waals surface area contributed by atoms with Crippen LogP contribution in [0.1, 0.15) is 60.2 Å². The topological polar surface area (TPSA) is 97.1 Å². The maximum atomic E-state index is 12.3. The molecular formula is C18H25N5O3. The largest absolute Gasteiger partial charge is 0.381 e. The van der Waals surface area contributed by atoms with E-state index in [2.05, 4.69) is 20.3 Å². The van der Waals surface area contributed by atoms with E-state index >= 15 is 0 Å². The number of hydrogen-bond acceptors (Lipinski definition) is 6. The van der Waals surface area contributed by atoms with Crippen LogP contribution in [-0.4, -0.2) is 57.4 Å². The molecule has 0 spiro atoms. The summed E-state index contributed by atoms with van der Waals surface area (Å²) in [7, 11) is 0. The Morgan fingerprint density at radius 2 is 2.23 bits per heavy atom. The molecule has 2 aliphatic rings. The summed E-state index contributed by atoms with van der Waals surface area (Å²) in [5.41, 5.74) is 0.510. The average molecular weight is 359 g/mol. The fourth-order valence-corrected chi connectivity index (χ4v) is 3.82. The number of likely N-dealkylation sites (tertiary alicyclic amines) is 1. The number of aromatic amines is 1. The number of nitrogens with zero attached hydrogens (tertiary/aromatic N) is 4.